The Labute approximate surface area is 238 Å². The van der Waals surface area contributed by atoms with Gasteiger partial charge in [0.1, 0.15) is 28.2 Å². The van der Waals surface area contributed by atoms with E-state index in [2.05, 4.69) is 9.88 Å². The van der Waals surface area contributed by atoms with Crippen LogP contribution in [-0.4, -0.2) is 68.0 Å². The second-order valence-corrected chi connectivity index (χ2v) is 11.5. The van der Waals surface area contributed by atoms with E-state index in [1.54, 1.807) is 18.1 Å². The molecule has 1 amide bonds. The van der Waals surface area contributed by atoms with Crippen molar-refractivity contribution in [2.45, 2.75) is 24.9 Å². The lowest BCUT2D eigenvalue weighted by Crippen LogP contribution is -2.72. The molecule has 3 aliphatic heterocycles. The number of halogens is 2. The van der Waals surface area contributed by atoms with Gasteiger partial charge in [-0.3, -0.25) is 30.1 Å². The van der Waals surface area contributed by atoms with E-state index < -0.39 is 34.4 Å². The number of rotatable bonds is 4. The van der Waals surface area contributed by atoms with Crippen molar-refractivity contribution in [1.29, 1.82) is 10.8 Å². The zero-order valence-corrected chi connectivity index (χ0v) is 22.9. The fourth-order valence-electron chi connectivity index (χ4n) is 6.33. The normalized spacial score (nSPS) is 21.4. The highest BCUT2D eigenvalue weighted by Crippen LogP contribution is 2.46. The Morgan fingerprint density at radius 2 is 2.00 bits per heavy atom. The zero-order valence-electron chi connectivity index (χ0n) is 22.1. The summed E-state index contributed by atoms with van der Waals surface area (Å²) in [6.45, 7) is 1.86. The second-order valence-electron chi connectivity index (χ2n) is 10.4. The summed E-state index contributed by atoms with van der Waals surface area (Å²) in [6, 6.07) is 8.79. The molecule has 212 valence electrons. The lowest BCUT2D eigenvalue weighted by atomic mass is 9.84. The first-order valence-electron chi connectivity index (χ1n) is 13.1. The fourth-order valence-corrected chi connectivity index (χ4v) is 7.06. The molecule has 0 aliphatic carbocycles. The van der Waals surface area contributed by atoms with Gasteiger partial charge in [-0.15, -0.1) is 0 Å². The number of hydrogen-bond donors (Lipinski definition) is 3. The number of pyridine rings is 2. The van der Waals surface area contributed by atoms with Gasteiger partial charge < -0.3 is 14.9 Å². The minimum Gasteiger partial charge on any atom is -0.502 e. The summed E-state index contributed by atoms with van der Waals surface area (Å²) in [5.41, 5.74) is -1.86. The number of benzene rings is 1. The van der Waals surface area contributed by atoms with Crippen molar-refractivity contribution >= 4 is 33.6 Å². The molecule has 5 heterocycles. The highest BCUT2D eigenvalue weighted by molar-refractivity contribution is 8.26. The Morgan fingerprint density at radius 1 is 1.20 bits per heavy atom. The Hall–Kier alpha value is -4.26. The quantitative estimate of drug-likeness (QED) is 0.320. The van der Waals surface area contributed by atoms with Gasteiger partial charge >= 0.3 is 0 Å². The van der Waals surface area contributed by atoms with Crippen LogP contribution in [0.5, 0.6) is 5.75 Å². The number of fused-ring (bicyclic) bond motifs is 2. The maximum Gasteiger partial charge on any atom is 0.278 e. The number of anilines is 1. The number of thioether (sulfide) groups is 1. The summed E-state index contributed by atoms with van der Waals surface area (Å²) in [4.78, 5) is 35.1. The van der Waals surface area contributed by atoms with E-state index >= 15 is 0 Å². The van der Waals surface area contributed by atoms with E-state index in [0.717, 1.165) is 24.4 Å². The van der Waals surface area contributed by atoms with Gasteiger partial charge in [0.05, 0.1) is 10.6 Å². The molecule has 2 unspecified atom stereocenters. The molecule has 2 fully saturated rings. The average molecular weight is 580 g/mol. The molecule has 13 heteroatoms. The van der Waals surface area contributed by atoms with Crippen LogP contribution in [0.3, 0.4) is 0 Å². The van der Waals surface area contributed by atoms with E-state index in [1.807, 2.05) is 23.2 Å². The van der Waals surface area contributed by atoms with Crippen LogP contribution < -0.4 is 15.3 Å². The van der Waals surface area contributed by atoms with Crippen LogP contribution in [0, 0.1) is 28.4 Å². The van der Waals surface area contributed by atoms with Crippen molar-refractivity contribution in [3.05, 3.63) is 87.5 Å². The van der Waals surface area contributed by atoms with E-state index in [-0.39, 0.29) is 39.2 Å². The zero-order chi connectivity index (χ0) is 29.1. The topological polar surface area (TPSA) is 130 Å². The first kappa shape index (κ1) is 26.9. The van der Waals surface area contributed by atoms with Gasteiger partial charge in [0.2, 0.25) is 5.43 Å². The van der Waals surface area contributed by atoms with Crippen LogP contribution in [0.25, 0.3) is 0 Å². The number of carbonyl (C=O) groups excluding carboxylic acids is 1. The number of amides is 1. The molecule has 6 rings (SSSR count). The largest absolute Gasteiger partial charge is 0.502 e. The molecule has 41 heavy (non-hydrogen) atoms. The number of hydrogen-bond acceptors (Lipinski definition) is 9. The molecular weight excluding hydrogens is 552 g/mol. The Balaban J connectivity index is 1.30. The first-order valence-corrected chi connectivity index (χ1v) is 13.9. The Kier molecular flexibility index (Phi) is 6.56. The smallest absolute Gasteiger partial charge is 0.278 e. The van der Waals surface area contributed by atoms with E-state index in [4.69, 9.17) is 10.8 Å². The molecule has 1 aromatic carbocycles. The van der Waals surface area contributed by atoms with Crippen molar-refractivity contribution in [1.82, 2.24) is 14.6 Å². The number of carbonyl (C=O) groups is 1. The number of aromatic nitrogens is 2. The van der Waals surface area contributed by atoms with E-state index in [9.17, 15) is 23.5 Å². The number of nitrogens with one attached hydrogen (secondary N) is 2. The average Bonchev–Trinajstić information content (AvgIpc) is 3.35. The lowest BCUT2D eigenvalue weighted by molar-refractivity contribution is 0.0187. The molecule has 2 aromatic heterocycles. The standard InChI is InChI=1S/C28H27F2N7O3S/c1-34-27(40)23-25(39)24(38)19(26(32)41-21(31)12-16-5-6-18(29)13-20(16)30)15-36(23)37-10-7-17-14-35(11-8-28(17,34)37)22-4-2-3-9-33-22/h2-6,9,13,15,17,31-32,39H,7-8,10-12,14H2,1H3. The first-order chi connectivity index (χ1) is 19.6. The van der Waals surface area contributed by atoms with Crippen molar-refractivity contribution in [3.63, 3.8) is 0 Å². The SMILES string of the molecule is CN1C(=O)c2c(O)c(=O)c(C(=N)SC(=N)Cc3ccc(F)cc3F)cn2N2CCC3CN(c4ccccn4)CCC312. The summed E-state index contributed by atoms with van der Waals surface area (Å²) in [5, 5.41) is 29.3. The van der Waals surface area contributed by atoms with Gasteiger partial charge in [0, 0.05) is 63.9 Å². The molecule has 0 saturated carbocycles. The fraction of sp³-hybridized carbons (Fsp3) is 0.321. The maximum absolute atomic E-state index is 14.1. The van der Waals surface area contributed by atoms with Crippen LogP contribution in [-0.2, 0) is 6.42 Å². The molecule has 0 radical (unpaired) electrons. The van der Waals surface area contributed by atoms with Gasteiger partial charge in [-0.2, -0.15) is 0 Å². The van der Waals surface area contributed by atoms with Crippen LogP contribution in [0.15, 0.2) is 53.6 Å². The Bertz CT molecular complexity index is 1650. The molecule has 3 aliphatic rings. The molecule has 10 nitrogen and oxygen atoms in total. The maximum atomic E-state index is 14.1. The van der Waals surface area contributed by atoms with Crippen molar-refractivity contribution in [2.75, 3.05) is 36.6 Å². The highest BCUT2D eigenvalue weighted by Gasteiger charge is 2.59. The minimum absolute atomic E-state index is 0.0537. The van der Waals surface area contributed by atoms with Crippen LogP contribution in [0.2, 0.25) is 0 Å². The molecular formula is C28H27F2N7O3S. The summed E-state index contributed by atoms with van der Waals surface area (Å²) < 4.78 is 28.8. The Morgan fingerprint density at radius 3 is 2.73 bits per heavy atom. The van der Waals surface area contributed by atoms with Gasteiger partial charge in [-0.25, -0.2) is 13.8 Å². The van der Waals surface area contributed by atoms with E-state index in [1.165, 1.54) is 16.9 Å². The predicted molar refractivity (Wildman–Crippen MR) is 152 cm³/mol. The van der Waals surface area contributed by atoms with Crippen LogP contribution in [0.1, 0.15) is 34.5 Å². The molecule has 2 atom stereocenters. The summed E-state index contributed by atoms with van der Waals surface area (Å²) in [6.07, 6.45) is 4.28. The van der Waals surface area contributed by atoms with Gasteiger partial charge in [-0.05, 0) is 30.2 Å². The molecule has 2 saturated heterocycles. The summed E-state index contributed by atoms with van der Waals surface area (Å²) in [7, 11) is 1.69. The predicted octanol–water partition coefficient (Wildman–Crippen LogP) is 3.16. The van der Waals surface area contributed by atoms with Gasteiger partial charge in [0.25, 0.3) is 5.91 Å². The molecule has 0 bridgehead atoms. The van der Waals surface area contributed by atoms with Gasteiger partial charge in [0.15, 0.2) is 11.4 Å². The third-order valence-corrected chi connectivity index (χ3v) is 9.12. The van der Waals surface area contributed by atoms with Crippen molar-refractivity contribution in [3.8, 4) is 5.75 Å². The number of aromatic hydroxyl groups is 1. The lowest BCUT2D eigenvalue weighted by Gasteiger charge is -2.56. The van der Waals surface area contributed by atoms with Crippen molar-refractivity contribution < 1.29 is 18.7 Å². The minimum atomic E-state index is -0.895. The molecule has 3 N–H and O–H groups in total. The van der Waals surface area contributed by atoms with Gasteiger partial charge in [-0.1, -0.05) is 23.9 Å². The highest BCUT2D eigenvalue weighted by atomic mass is 32.2. The van der Waals surface area contributed by atoms with Crippen LogP contribution in [0.4, 0.5) is 14.6 Å². The summed E-state index contributed by atoms with van der Waals surface area (Å²) in [5.74, 6) is -1.87. The monoisotopic (exact) mass is 579 g/mol. The number of nitrogens with zero attached hydrogens (tertiary/aromatic N) is 5. The third-order valence-electron chi connectivity index (χ3n) is 8.30. The third kappa shape index (κ3) is 4.26. The van der Waals surface area contributed by atoms with Crippen molar-refractivity contribution in [2.24, 2.45) is 5.92 Å². The van der Waals surface area contributed by atoms with Crippen LogP contribution >= 0.6 is 11.8 Å². The molecule has 1 spiro atoms. The number of piperidine rings is 1. The van der Waals surface area contributed by atoms with E-state index in [0.29, 0.717) is 37.8 Å². The second kappa shape index (κ2) is 9.98. The summed E-state index contributed by atoms with van der Waals surface area (Å²) >= 11 is 0.634. The molecule has 3 aromatic rings.